The third-order valence-electron chi connectivity index (χ3n) is 6.08. The SMILES string of the molecule is COc1ccc(Nc2ncc3ccc(-c4cccc(S(=O)(=O)NC(C)(C)C)c4)n3n2)cc1N1CCCC1=O. The van der Waals surface area contributed by atoms with Crippen LogP contribution in [0.4, 0.5) is 17.3 Å². The normalized spacial score (nSPS) is 14.3. The summed E-state index contributed by atoms with van der Waals surface area (Å²) in [6.45, 7) is 6.05. The van der Waals surface area contributed by atoms with Crippen LogP contribution in [0.25, 0.3) is 16.8 Å². The number of anilines is 3. The number of benzene rings is 2. The fourth-order valence-corrected chi connectivity index (χ4v) is 5.94. The van der Waals surface area contributed by atoms with Gasteiger partial charge >= 0.3 is 0 Å². The molecule has 0 aliphatic carbocycles. The minimum Gasteiger partial charge on any atom is -0.495 e. The quantitative estimate of drug-likeness (QED) is 0.362. The zero-order valence-corrected chi connectivity index (χ0v) is 22.5. The molecule has 2 aromatic carbocycles. The molecule has 1 aliphatic heterocycles. The Bertz CT molecular complexity index is 1620. The van der Waals surface area contributed by atoms with Gasteiger partial charge in [0.1, 0.15) is 5.75 Å². The highest BCUT2D eigenvalue weighted by Crippen LogP contribution is 2.34. The van der Waals surface area contributed by atoms with Crippen LogP contribution >= 0.6 is 0 Å². The molecule has 11 heteroatoms. The highest BCUT2D eigenvalue weighted by molar-refractivity contribution is 7.89. The smallest absolute Gasteiger partial charge is 0.245 e. The third kappa shape index (κ3) is 5.20. The van der Waals surface area contributed by atoms with Crippen molar-refractivity contribution in [1.29, 1.82) is 0 Å². The Kier molecular flexibility index (Phi) is 6.58. The van der Waals surface area contributed by atoms with Crippen LogP contribution in [-0.4, -0.2) is 48.1 Å². The van der Waals surface area contributed by atoms with Gasteiger partial charge in [0.05, 0.1) is 35.1 Å². The molecule has 4 aromatic rings. The van der Waals surface area contributed by atoms with Gasteiger partial charge in [-0.2, -0.15) is 0 Å². The summed E-state index contributed by atoms with van der Waals surface area (Å²) >= 11 is 0. The number of aromatic nitrogens is 3. The highest BCUT2D eigenvalue weighted by Gasteiger charge is 2.25. The van der Waals surface area contributed by atoms with Gasteiger partial charge in [-0.05, 0) is 69.7 Å². The molecular weight excluding hydrogens is 504 g/mol. The van der Waals surface area contributed by atoms with Crippen molar-refractivity contribution in [2.75, 3.05) is 23.9 Å². The van der Waals surface area contributed by atoms with Crippen LogP contribution in [0.15, 0.2) is 65.7 Å². The van der Waals surface area contributed by atoms with E-state index in [0.29, 0.717) is 41.6 Å². The molecule has 1 saturated heterocycles. The number of nitrogens with one attached hydrogen (secondary N) is 2. The fraction of sp³-hybridized carbons (Fsp3) is 0.296. The van der Waals surface area contributed by atoms with Crippen molar-refractivity contribution in [2.45, 2.75) is 44.0 Å². The second-order valence-corrected chi connectivity index (χ2v) is 11.9. The summed E-state index contributed by atoms with van der Waals surface area (Å²) in [6, 6.07) is 16.0. The van der Waals surface area contributed by atoms with E-state index >= 15 is 0 Å². The summed E-state index contributed by atoms with van der Waals surface area (Å²) in [5.74, 6) is 1.03. The lowest BCUT2D eigenvalue weighted by Gasteiger charge is -2.20. The van der Waals surface area contributed by atoms with Gasteiger partial charge in [-0.25, -0.2) is 22.6 Å². The molecule has 0 spiro atoms. The van der Waals surface area contributed by atoms with Gasteiger partial charge in [-0.1, -0.05) is 12.1 Å². The lowest BCUT2D eigenvalue weighted by molar-refractivity contribution is -0.117. The van der Waals surface area contributed by atoms with Crippen LogP contribution in [0.1, 0.15) is 33.6 Å². The third-order valence-corrected chi connectivity index (χ3v) is 7.83. The summed E-state index contributed by atoms with van der Waals surface area (Å²) in [4.78, 5) is 18.7. The number of carbonyl (C=O) groups excluding carboxylic acids is 1. The first-order valence-electron chi connectivity index (χ1n) is 12.3. The zero-order valence-electron chi connectivity index (χ0n) is 21.7. The predicted octanol–water partition coefficient (Wildman–Crippen LogP) is 4.35. The maximum Gasteiger partial charge on any atom is 0.245 e. The molecule has 0 atom stereocenters. The summed E-state index contributed by atoms with van der Waals surface area (Å²) in [6.07, 6.45) is 3.02. The Balaban J connectivity index is 1.47. The van der Waals surface area contributed by atoms with Gasteiger partial charge in [0.2, 0.25) is 21.9 Å². The zero-order chi connectivity index (χ0) is 27.1. The monoisotopic (exact) mass is 534 g/mol. The molecule has 1 amide bonds. The summed E-state index contributed by atoms with van der Waals surface area (Å²) in [5.41, 5.74) is 2.97. The minimum atomic E-state index is -3.70. The molecule has 0 radical (unpaired) electrons. The van der Waals surface area contributed by atoms with Crippen LogP contribution in [-0.2, 0) is 14.8 Å². The molecule has 3 heterocycles. The molecule has 5 rings (SSSR count). The maximum absolute atomic E-state index is 12.9. The second-order valence-electron chi connectivity index (χ2n) is 10.2. The Morgan fingerprint density at radius 3 is 2.58 bits per heavy atom. The number of nitrogens with zero attached hydrogens (tertiary/aromatic N) is 4. The van der Waals surface area contributed by atoms with E-state index in [1.165, 1.54) is 0 Å². The number of ether oxygens (including phenoxy) is 1. The molecule has 0 saturated carbocycles. The molecule has 198 valence electrons. The van der Waals surface area contributed by atoms with Gasteiger partial charge in [-0.15, -0.1) is 5.10 Å². The van der Waals surface area contributed by atoms with Gasteiger partial charge in [0.15, 0.2) is 0 Å². The van der Waals surface area contributed by atoms with E-state index in [4.69, 9.17) is 4.74 Å². The van der Waals surface area contributed by atoms with E-state index < -0.39 is 15.6 Å². The summed E-state index contributed by atoms with van der Waals surface area (Å²) in [7, 11) is -2.12. The van der Waals surface area contributed by atoms with E-state index in [1.54, 1.807) is 67.8 Å². The van der Waals surface area contributed by atoms with Crippen LogP contribution in [0.2, 0.25) is 0 Å². The molecule has 1 fully saturated rings. The van der Waals surface area contributed by atoms with Crippen LogP contribution < -0.4 is 19.7 Å². The molecular formula is C27H30N6O4S. The lowest BCUT2D eigenvalue weighted by atomic mass is 10.1. The predicted molar refractivity (Wildman–Crippen MR) is 146 cm³/mol. The Labute approximate surface area is 221 Å². The first-order valence-corrected chi connectivity index (χ1v) is 13.8. The number of amides is 1. The Hall–Kier alpha value is -3.96. The van der Waals surface area contributed by atoms with E-state index in [-0.39, 0.29) is 10.8 Å². The second kappa shape index (κ2) is 9.73. The van der Waals surface area contributed by atoms with Crippen LogP contribution in [0.5, 0.6) is 5.75 Å². The average molecular weight is 535 g/mol. The van der Waals surface area contributed by atoms with Crippen molar-refractivity contribution in [3.8, 4) is 17.0 Å². The standard InChI is InChI=1S/C27H30N6O4S/c1-27(2,3)31-38(35,36)21-8-5-7-18(15-21)22-12-11-20-17-28-26(30-33(20)22)29-19-10-13-24(37-4)23(16-19)32-14-6-9-25(32)34/h5,7-8,10-13,15-17,31H,6,9,14H2,1-4H3,(H,29,30). The minimum absolute atomic E-state index is 0.0667. The van der Waals surface area contributed by atoms with E-state index in [1.807, 2.05) is 30.3 Å². The van der Waals surface area contributed by atoms with Crippen molar-refractivity contribution in [1.82, 2.24) is 19.3 Å². The first kappa shape index (κ1) is 25.7. The van der Waals surface area contributed by atoms with Crippen LogP contribution in [0, 0.1) is 0 Å². The summed E-state index contributed by atoms with van der Waals surface area (Å²) < 4.78 is 35.7. The lowest BCUT2D eigenvalue weighted by Crippen LogP contribution is -2.40. The van der Waals surface area contributed by atoms with E-state index in [9.17, 15) is 13.2 Å². The van der Waals surface area contributed by atoms with E-state index in [0.717, 1.165) is 17.6 Å². The molecule has 1 aliphatic rings. The summed E-state index contributed by atoms with van der Waals surface area (Å²) in [5, 5.41) is 7.87. The largest absolute Gasteiger partial charge is 0.495 e. The Morgan fingerprint density at radius 2 is 1.87 bits per heavy atom. The highest BCUT2D eigenvalue weighted by atomic mass is 32.2. The van der Waals surface area contributed by atoms with Crippen molar-refractivity contribution < 1.29 is 17.9 Å². The van der Waals surface area contributed by atoms with Crippen LogP contribution in [0.3, 0.4) is 0 Å². The fourth-order valence-electron chi connectivity index (χ4n) is 4.47. The Morgan fingerprint density at radius 1 is 1.05 bits per heavy atom. The first-order chi connectivity index (χ1) is 18.0. The molecule has 2 N–H and O–H groups in total. The number of sulfonamides is 1. The number of carbonyl (C=O) groups is 1. The van der Waals surface area contributed by atoms with Crippen molar-refractivity contribution in [3.05, 3.63) is 60.8 Å². The van der Waals surface area contributed by atoms with Gasteiger partial charge in [0.25, 0.3) is 0 Å². The number of fused-ring (bicyclic) bond motifs is 1. The van der Waals surface area contributed by atoms with Crippen molar-refractivity contribution >= 4 is 38.8 Å². The van der Waals surface area contributed by atoms with E-state index in [2.05, 4.69) is 20.1 Å². The molecule has 0 bridgehead atoms. The maximum atomic E-state index is 12.9. The molecule has 38 heavy (non-hydrogen) atoms. The van der Waals surface area contributed by atoms with Gasteiger partial charge in [0, 0.05) is 29.8 Å². The van der Waals surface area contributed by atoms with Gasteiger partial charge < -0.3 is 15.0 Å². The molecule has 2 aromatic heterocycles. The number of rotatable bonds is 7. The molecule has 10 nitrogen and oxygen atoms in total. The number of hydrogen-bond acceptors (Lipinski definition) is 7. The van der Waals surface area contributed by atoms with Crippen molar-refractivity contribution in [2.24, 2.45) is 0 Å². The topological polar surface area (TPSA) is 118 Å². The number of hydrogen-bond donors (Lipinski definition) is 2. The van der Waals surface area contributed by atoms with Gasteiger partial charge in [-0.3, -0.25) is 4.79 Å². The number of methoxy groups -OCH3 is 1. The van der Waals surface area contributed by atoms with Crippen molar-refractivity contribution in [3.63, 3.8) is 0 Å². The molecule has 0 unspecified atom stereocenters. The average Bonchev–Trinajstić information content (AvgIpc) is 3.48.